The number of halogens is 1. The fraction of sp³-hybridized carbons (Fsp3) is 0.103. The van der Waals surface area contributed by atoms with Crippen LogP contribution in [0.3, 0.4) is 0 Å². The van der Waals surface area contributed by atoms with Gasteiger partial charge < -0.3 is 25.3 Å². The van der Waals surface area contributed by atoms with E-state index in [2.05, 4.69) is 36.3 Å². The molecule has 9 nitrogen and oxygen atoms in total. The number of aromatic nitrogens is 4. The van der Waals surface area contributed by atoms with Crippen molar-refractivity contribution in [1.29, 1.82) is 0 Å². The number of carbonyl (C=O) groups is 1. The van der Waals surface area contributed by atoms with Gasteiger partial charge in [-0.2, -0.15) is 0 Å². The van der Waals surface area contributed by atoms with Crippen LogP contribution in [0.15, 0.2) is 79.6 Å². The molecule has 5 aromatic rings. The van der Waals surface area contributed by atoms with E-state index < -0.39 is 5.82 Å². The first kappa shape index (κ1) is 24.1. The molecule has 3 N–H and O–H groups in total. The molecule has 1 aliphatic heterocycles. The van der Waals surface area contributed by atoms with Crippen molar-refractivity contribution in [3.05, 3.63) is 91.2 Å². The van der Waals surface area contributed by atoms with Gasteiger partial charge in [0.1, 0.15) is 23.6 Å². The molecule has 0 bridgehead atoms. The Balaban J connectivity index is 1.47. The van der Waals surface area contributed by atoms with Crippen molar-refractivity contribution >= 4 is 40.0 Å². The molecule has 0 fully saturated rings. The molecule has 0 radical (unpaired) electrons. The maximum Gasteiger partial charge on any atom is 0.247 e. The summed E-state index contributed by atoms with van der Waals surface area (Å²) in [5.41, 5.74) is 10.6. The molecule has 1 aliphatic rings. The van der Waals surface area contributed by atoms with Crippen LogP contribution in [-0.2, 0) is 11.3 Å². The smallest absolute Gasteiger partial charge is 0.247 e. The number of hydrogen-bond donors (Lipinski definition) is 2. The molecule has 0 spiro atoms. The predicted molar refractivity (Wildman–Crippen MR) is 149 cm³/mol. The van der Waals surface area contributed by atoms with Crippen LogP contribution in [-0.4, -0.2) is 32.0 Å². The summed E-state index contributed by atoms with van der Waals surface area (Å²) in [5, 5.41) is 3.44. The second-order valence-corrected chi connectivity index (χ2v) is 9.07. The molecule has 0 aliphatic carbocycles. The van der Waals surface area contributed by atoms with Gasteiger partial charge in [0.15, 0.2) is 11.6 Å². The number of benzene rings is 2. The van der Waals surface area contributed by atoms with Crippen molar-refractivity contribution < 1.29 is 13.9 Å². The average molecular weight is 522 g/mol. The molecule has 10 heteroatoms. The van der Waals surface area contributed by atoms with E-state index in [1.54, 1.807) is 30.3 Å². The summed E-state index contributed by atoms with van der Waals surface area (Å²) >= 11 is 0. The number of nitrogens with one attached hydrogen (secondary N) is 1. The summed E-state index contributed by atoms with van der Waals surface area (Å²) in [6.07, 6.45) is 2.64. The number of nitrogens with two attached hydrogens (primary N) is 1. The SMILES string of the molecule is C=CC(=O)Nc1cccc(N2CCn3c2c(-c2ccc(Oc4cccc(C)n4)c(F)c2)c2c(N)ncnc23)c1. The third kappa shape index (κ3) is 4.31. The van der Waals surface area contributed by atoms with E-state index in [4.69, 9.17) is 10.5 Å². The zero-order valence-corrected chi connectivity index (χ0v) is 21.1. The molecule has 0 atom stereocenters. The zero-order valence-electron chi connectivity index (χ0n) is 21.1. The van der Waals surface area contributed by atoms with Gasteiger partial charge in [-0.05, 0) is 55.0 Å². The van der Waals surface area contributed by atoms with Gasteiger partial charge in [0, 0.05) is 41.8 Å². The fourth-order valence-electron chi connectivity index (χ4n) is 4.88. The number of hydrogen-bond acceptors (Lipinski definition) is 7. The van der Waals surface area contributed by atoms with Crippen LogP contribution < -0.4 is 20.7 Å². The minimum Gasteiger partial charge on any atom is -0.436 e. The van der Waals surface area contributed by atoms with Crippen LogP contribution in [0.4, 0.5) is 27.4 Å². The minimum absolute atomic E-state index is 0.0590. The van der Waals surface area contributed by atoms with Crippen LogP contribution in [0, 0.1) is 12.7 Å². The topological polar surface area (TPSA) is 111 Å². The maximum absolute atomic E-state index is 15.4. The molecule has 2 aromatic carbocycles. The van der Waals surface area contributed by atoms with Crippen molar-refractivity contribution in [3.8, 4) is 22.8 Å². The Morgan fingerprint density at radius 2 is 1.97 bits per heavy atom. The number of nitrogens with zero attached hydrogens (tertiary/aromatic N) is 5. The number of rotatable bonds is 6. The summed E-state index contributed by atoms with van der Waals surface area (Å²) in [6.45, 7) is 6.63. The van der Waals surface area contributed by atoms with Crippen LogP contribution in [0.1, 0.15) is 5.69 Å². The molecule has 4 heterocycles. The van der Waals surface area contributed by atoms with E-state index in [9.17, 15) is 4.79 Å². The maximum atomic E-state index is 15.4. The normalized spacial score (nSPS) is 12.4. The molecule has 0 unspecified atom stereocenters. The van der Waals surface area contributed by atoms with Crippen molar-refractivity contribution in [2.45, 2.75) is 13.5 Å². The highest BCUT2D eigenvalue weighted by Crippen LogP contribution is 2.47. The number of fused-ring (bicyclic) bond motifs is 3. The molecular weight excluding hydrogens is 497 g/mol. The van der Waals surface area contributed by atoms with Gasteiger partial charge in [0.25, 0.3) is 0 Å². The second-order valence-electron chi connectivity index (χ2n) is 9.07. The summed E-state index contributed by atoms with van der Waals surface area (Å²) in [5.74, 6) is 0.627. The highest BCUT2D eigenvalue weighted by molar-refractivity contribution is 6.08. The van der Waals surface area contributed by atoms with Gasteiger partial charge in [-0.25, -0.2) is 19.3 Å². The Kier molecular flexibility index (Phi) is 5.91. The Morgan fingerprint density at radius 1 is 1.13 bits per heavy atom. The molecule has 39 heavy (non-hydrogen) atoms. The van der Waals surface area contributed by atoms with Crippen molar-refractivity contribution in [3.63, 3.8) is 0 Å². The van der Waals surface area contributed by atoms with Crippen LogP contribution in [0.25, 0.3) is 22.2 Å². The lowest BCUT2D eigenvalue weighted by molar-refractivity contribution is -0.111. The number of anilines is 4. The summed E-state index contributed by atoms with van der Waals surface area (Å²) in [4.78, 5) is 27.0. The van der Waals surface area contributed by atoms with Crippen molar-refractivity contribution in [1.82, 2.24) is 19.5 Å². The first-order valence-electron chi connectivity index (χ1n) is 12.3. The number of aryl methyl sites for hydroxylation is 1. The van der Waals surface area contributed by atoms with Gasteiger partial charge >= 0.3 is 0 Å². The van der Waals surface area contributed by atoms with Crippen molar-refractivity contribution in [2.24, 2.45) is 0 Å². The van der Waals surface area contributed by atoms with Gasteiger partial charge in [0.2, 0.25) is 11.8 Å². The lowest BCUT2D eigenvalue weighted by atomic mass is 10.0. The summed E-state index contributed by atoms with van der Waals surface area (Å²) < 4.78 is 23.2. The van der Waals surface area contributed by atoms with E-state index in [0.717, 1.165) is 17.2 Å². The van der Waals surface area contributed by atoms with Crippen LogP contribution in [0.2, 0.25) is 0 Å². The zero-order chi connectivity index (χ0) is 27.1. The Labute approximate surface area is 223 Å². The number of amides is 1. The highest BCUT2D eigenvalue weighted by atomic mass is 19.1. The second kappa shape index (κ2) is 9.56. The van der Waals surface area contributed by atoms with Gasteiger partial charge in [-0.3, -0.25) is 4.79 Å². The minimum atomic E-state index is -0.544. The van der Waals surface area contributed by atoms with Gasteiger partial charge in [-0.1, -0.05) is 24.8 Å². The first-order chi connectivity index (χ1) is 18.9. The van der Waals surface area contributed by atoms with E-state index in [1.807, 2.05) is 31.2 Å². The Bertz CT molecular complexity index is 1760. The standard InChI is InChI=1S/C29H24FN7O2/c1-3-23(38)35-19-7-5-8-20(15-19)36-12-13-37-28-26(27(31)32-16-33-28)25(29(36)37)18-10-11-22(21(30)14-18)39-24-9-4-6-17(2)34-24/h3-11,14-16H,1,12-13H2,2H3,(H,35,38)(H2,31,32,33). The Morgan fingerprint density at radius 3 is 2.77 bits per heavy atom. The first-order valence-corrected chi connectivity index (χ1v) is 12.3. The van der Waals surface area contributed by atoms with Crippen molar-refractivity contribution in [2.75, 3.05) is 22.5 Å². The van der Waals surface area contributed by atoms with Crippen LogP contribution in [0.5, 0.6) is 11.6 Å². The number of pyridine rings is 1. The van der Waals surface area contributed by atoms with E-state index >= 15 is 4.39 Å². The van der Waals surface area contributed by atoms with Gasteiger partial charge in [0.05, 0.1) is 5.39 Å². The molecular formula is C29H24FN7O2. The molecule has 0 saturated heterocycles. The number of nitrogen functional groups attached to an aromatic ring is 1. The lowest BCUT2D eigenvalue weighted by Crippen LogP contribution is -2.15. The van der Waals surface area contributed by atoms with E-state index in [1.165, 1.54) is 18.5 Å². The molecule has 1 amide bonds. The largest absolute Gasteiger partial charge is 0.436 e. The predicted octanol–water partition coefficient (Wildman–Crippen LogP) is 5.59. The average Bonchev–Trinajstić information content (AvgIpc) is 3.49. The number of ether oxygens (including phenoxy) is 1. The summed E-state index contributed by atoms with van der Waals surface area (Å²) in [7, 11) is 0. The molecule has 3 aromatic heterocycles. The van der Waals surface area contributed by atoms with E-state index in [-0.39, 0.29) is 11.7 Å². The fourth-order valence-corrected chi connectivity index (χ4v) is 4.88. The molecule has 194 valence electrons. The highest BCUT2D eigenvalue weighted by Gasteiger charge is 2.31. The lowest BCUT2D eigenvalue weighted by Gasteiger charge is -2.21. The van der Waals surface area contributed by atoms with Gasteiger partial charge in [-0.15, -0.1) is 0 Å². The third-order valence-corrected chi connectivity index (χ3v) is 6.55. The van der Waals surface area contributed by atoms with Crippen LogP contribution >= 0.6 is 0 Å². The third-order valence-electron chi connectivity index (χ3n) is 6.55. The monoisotopic (exact) mass is 521 g/mol. The van der Waals surface area contributed by atoms with E-state index in [0.29, 0.717) is 52.6 Å². The molecule has 6 rings (SSSR count). The summed E-state index contributed by atoms with van der Waals surface area (Å²) in [6, 6.07) is 17.6. The Hall–Kier alpha value is -5.25. The molecule has 0 saturated carbocycles. The quantitative estimate of drug-likeness (QED) is 0.280. The number of carbonyl (C=O) groups excluding carboxylic acids is 1.